The maximum Gasteiger partial charge on any atom is 0.260 e. The average molecular weight is 349 g/mol. The van der Waals surface area contributed by atoms with Gasteiger partial charge in [0.25, 0.3) is 5.91 Å². The van der Waals surface area contributed by atoms with E-state index >= 15 is 0 Å². The van der Waals surface area contributed by atoms with Crippen LogP contribution in [0.3, 0.4) is 0 Å². The Hall–Kier alpha value is -3.54. The van der Waals surface area contributed by atoms with Gasteiger partial charge in [0.1, 0.15) is 17.3 Å². The van der Waals surface area contributed by atoms with E-state index in [0.29, 0.717) is 17.1 Å². The zero-order valence-corrected chi connectivity index (χ0v) is 14.5. The third-order valence-corrected chi connectivity index (χ3v) is 3.74. The molecule has 0 unspecified atom stereocenters. The van der Waals surface area contributed by atoms with Crippen molar-refractivity contribution in [1.29, 1.82) is 0 Å². The van der Waals surface area contributed by atoms with E-state index in [1.807, 2.05) is 36.4 Å². The largest absolute Gasteiger partial charge is 0.497 e. The molecule has 0 spiro atoms. The number of amides is 1. The minimum absolute atomic E-state index is 0.272. The second-order valence-electron chi connectivity index (χ2n) is 5.44. The highest BCUT2D eigenvalue weighted by Crippen LogP contribution is 2.21. The summed E-state index contributed by atoms with van der Waals surface area (Å²) < 4.78 is 10.3. The third-order valence-electron chi connectivity index (χ3n) is 3.74. The van der Waals surface area contributed by atoms with Gasteiger partial charge in [-0.3, -0.25) is 4.79 Å². The second kappa shape index (κ2) is 8.02. The van der Waals surface area contributed by atoms with Crippen molar-refractivity contribution in [3.05, 3.63) is 72.4 Å². The number of benzene rings is 2. The number of nitrogens with zero attached hydrogens (tertiary/aromatic N) is 1. The second-order valence-corrected chi connectivity index (χ2v) is 5.44. The van der Waals surface area contributed by atoms with Crippen LogP contribution >= 0.6 is 0 Å². The number of methoxy groups -OCH3 is 2. The fourth-order valence-corrected chi connectivity index (χ4v) is 2.40. The Bertz CT molecular complexity index is 878. The lowest BCUT2D eigenvalue weighted by molar-refractivity contribution is 0.102. The van der Waals surface area contributed by atoms with Crippen molar-refractivity contribution in [3.63, 3.8) is 0 Å². The van der Waals surface area contributed by atoms with Crippen LogP contribution in [0, 0.1) is 0 Å². The Kier molecular flexibility index (Phi) is 5.34. The van der Waals surface area contributed by atoms with Crippen molar-refractivity contribution in [2.75, 3.05) is 24.9 Å². The van der Waals surface area contributed by atoms with Crippen LogP contribution in [0.1, 0.15) is 10.4 Å². The number of nitrogens with one attached hydrogen (secondary N) is 2. The number of pyridine rings is 1. The summed E-state index contributed by atoms with van der Waals surface area (Å²) in [7, 11) is 3.16. The Morgan fingerprint density at radius 1 is 0.885 bits per heavy atom. The number of para-hydroxylation sites is 1. The maximum atomic E-state index is 12.4. The summed E-state index contributed by atoms with van der Waals surface area (Å²) >= 11 is 0. The van der Waals surface area contributed by atoms with E-state index in [0.717, 1.165) is 17.1 Å². The lowest BCUT2D eigenvalue weighted by Crippen LogP contribution is -2.14. The molecule has 1 heterocycles. The number of ether oxygens (including phenoxy) is 2. The van der Waals surface area contributed by atoms with Crippen molar-refractivity contribution in [3.8, 4) is 11.5 Å². The molecule has 3 aromatic rings. The quantitative estimate of drug-likeness (QED) is 0.701. The van der Waals surface area contributed by atoms with Crippen molar-refractivity contribution in [2.24, 2.45) is 0 Å². The summed E-state index contributed by atoms with van der Waals surface area (Å²) in [6.45, 7) is 0. The maximum absolute atomic E-state index is 12.4. The van der Waals surface area contributed by atoms with E-state index in [1.165, 1.54) is 7.11 Å². The minimum atomic E-state index is -0.272. The fourth-order valence-electron chi connectivity index (χ4n) is 2.40. The van der Waals surface area contributed by atoms with Gasteiger partial charge in [0, 0.05) is 5.69 Å². The lowest BCUT2D eigenvalue weighted by Gasteiger charge is -2.10. The molecule has 6 heteroatoms. The van der Waals surface area contributed by atoms with Crippen molar-refractivity contribution < 1.29 is 14.3 Å². The molecule has 0 saturated heterocycles. The van der Waals surface area contributed by atoms with Gasteiger partial charge in [0.15, 0.2) is 0 Å². The number of carbonyl (C=O) groups is 1. The summed E-state index contributed by atoms with van der Waals surface area (Å²) in [4.78, 5) is 16.6. The van der Waals surface area contributed by atoms with Crippen LogP contribution in [-0.4, -0.2) is 25.1 Å². The lowest BCUT2D eigenvalue weighted by atomic mass is 10.2. The van der Waals surface area contributed by atoms with Gasteiger partial charge in [-0.25, -0.2) is 4.98 Å². The Morgan fingerprint density at radius 3 is 2.27 bits per heavy atom. The molecule has 1 aromatic heterocycles. The number of hydrogen-bond donors (Lipinski definition) is 2. The van der Waals surface area contributed by atoms with Gasteiger partial charge in [-0.2, -0.15) is 0 Å². The van der Waals surface area contributed by atoms with Crippen molar-refractivity contribution in [1.82, 2.24) is 4.98 Å². The first-order valence-corrected chi connectivity index (χ1v) is 8.01. The van der Waals surface area contributed by atoms with Gasteiger partial charge in [0.05, 0.1) is 31.7 Å². The number of rotatable bonds is 6. The van der Waals surface area contributed by atoms with Crippen LogP contribution in [0.25, 0.3) is 0 Å². The molecule has 0 radical (unpaired) electrons. The molecular formula is C20H19N3O3. The van der Waals surface area contributed by atoms with Gasteiger partial charge < -0.3 is 20.1 Å². The Labute approximate surface area is 151 Å². The van der Waals surface area contributed by atoms with Gasteiger partial charge in [-0.15, -0.1) is 0 Å². The standard InChI is InChI=1S/C20H19N3O3/c1-25-16-10-7-14(8-11-16)22-15-9-12-19(21-13-15)23-20(24)17-5-3-4-6-18(17)26-2/h3-13,22H,1-2H3,(H,21,23,24). The van der Waals surface area contributed by atoms with Crippen molar-refractivity contribution in [2.45, 2.75) is 0 Å². The molecular weight excluding hydrogens is 330 g/mol. The smallest absolute Gasteiger partial charge is 0.260 e. The zero-order chi connectivity index (χ0) is 18.4. The van der Waals surface area contributed by atoms with Crippen LogP contribution in [0.4, 0.5) is 17.2 Å². The number of hydrogen-bond acceptors (Lipinski definition) is 5. The molecule has 132 valence electrons. The normalized spacial score (nSPS) is 10.1. The van der Waals surface area contributed by atoms with Crippen LogP contribution in [0.5, 0.6) is 11.5 Å². The zero-order valence-electron chi connectivity index (χ0n) is 14.5. The van der Waals surface area contributed by atoms with Crippen LogP contribution in [0.15, 0.2) is 66.9 Å². The first kappa shape index (κ1) is 17.3. The minimum Gasteiger partial charge on any atom is -0.497 e. The highest BCUT2D eigenvalue weighted by Gasteiger charge is 2.12. The molecule has 3 rings (SSSR count). The average Bonchev–Trinajstić information content (AvgIpc) is 2.70. The van der Waals surface area contributed by atoms with E-state index in [-0.39, 0.29) is 5.91 Å². The van der Waals surface area contributed by atoms with Crippen LogP contribution in [-0.2, 0) is 0 Å². The highest BCUT2D eigenvalue weighted by molar-refractivity contribution is 6.05. The van der Waals surface area contributed by atoms with E-state index in [9.17, 15) is 4.79 Å². The number of anilines is 3. The first-order chi connectivity index (χ1) is 12.7. The molecule has 0 bridgehead atoms. The summed E-state index contributed by atoms with van der Waals surface area (Å²) in [5.41, 5.74) is 2.18. The Morgan fingerprint density at radius 2 is 1.62 bits per heavy atom. The Balaban J connectivity index is 1.66. The van der Waals surface area contributed by atoms with Gasteiger partial charge in [0.2, 0.25) is 0 Å². The molecule has 0 saturated carbocycles. The summed E-state index contributed by atoms with van der Waals surface area (Å²) in [6, 6.07) is 18.2. The summed E-state index contributed by atoms with van der Waals surface area (Å²) in [5, 5.41) is 6.00. The predicted octanol–water partition coefficient (Wildman–Crippen LogP) is 4.09. The van der Waals surface area contributed by atoms with Gasteiger partial charge in [-0.1, -0.05) is 12.1 Å². The highest BCUT2D eigenvalue weighted by atomic mass is 16.5. The van der Waals surface area contributed by atoms with Crippen molar-refractivity contribution >= 4 is 23.1 Å². The third kappa shape index (κ3) is 4.10. The molecule has 0 aliphatic rings. The van der Waals surface area contributed by atoms with Crippen LogP contribution < -0.4 is 20.1 Å². The summed E-state index contributed by atoms with van der Waals surface area (Å²) in [6.07, 6.45) is 1.65. The molecule has 0 aliphatic carbocycles. The van der Waals surface area contributed by atoms with E-state index in [2.05, 4.69) is 15.6 Å². The predicted molar refractivity (Wildman–Crippen MR) is 101 cm³/mol. The van der Waals surface area contributed by atoms with E-state index in [1.54, 1.807) is 37.6 Å². The van der Waals surface area contributed by atoms with Crippen LogP contribution in [0.2, 0.25) is 0 Å². The summed E-state index contributed by atoms with van der Waals surface area (Å²) in [5.74, 6) is 1.50. The van der Waals surface area contributed by atoms with E-state index in [4.69, 9.17) is 9.47 Å². The molecule has 2 aromatic carbocycles. The molecule has 0 atom stereocenters. The van der Waals surface area contributed by atoms with Gasteiger partial charge >= 0.3 is 0 Å². The topological polar surface area (TPSA) is 72.5 Å². The number of aromatic nitrogens is 1. The molecule has 6 nitrogen and oxygen atoms in total. The fraction of sp³-hybridized carbons (Fsp3) is 0.100. The number of carbonyl (C=O) groups excluding carboxylic acids is 1. The molecule has 0 aliphatic heterocycles. The molecule has 26 heavy (non-hydrogen) atoms. The SMILES string of the molecule is COc1ccc(Nc2ccc(NC(=O)c3ccccc3OC)nc2)cc1. The molecule has 0 fully saturated rings. The van der Waals surface area contributed by atoms with E-state index < -0.39 is 0 Å². The molecule has 1 amide bonds. The van der Waals surface area contributed by atoms with Gasteiger partial charge in [-0.05, 0) is 48.5 Å². The monoisotopic (exact) mass is 349 g/mol. The molecule has 2 N–H and O–H groups in total. The first-order valence-electron chi connectivity index (χ1n) is 8.01.